The molecule has 5 rings (SSSR count). The van der Waals surface area contributed by atoms with E-state index in [4.69, 9.17) is 13.9 Å². The van der Waals surface area contributed by atoms with Gasteiger partial charge in [-0.3, -0.25) is 4.79 Å². The molecule has 6 heteroatoms. The number of aliphatic hydroxyl groups is 1. The summed E-state index contributed by atoms with van der Waals surface area (Å²) >= 11 is 0. The van der Waals surface area contributed by atoms with Crippen molar-refractivity contribution in [2.24, 2.45) is 11.8 Å². The number of amides is 1. The van der Waals surface area contributed by atoms with Crippen molar-refractivity contribution < 1.29 is 23.8 Å². The molecule has 0 saturated carbocycles. The van der Waals surface area contributed by atoms with Crippen LogP contribution < -0.4 is 4.74 Å². The molecule has 0 aliphatic carbocycles. The molecule has 1 N–H and O–H groups in total. The number of rotatable bonds is 4. The van der Waals surface area contributed by atoms with Crippen LogP contribution in [0.15, 0.2) is 40.8 Å². The van der Waals surface area contributed by atoms with E-state index in [1.54, 1.807) is 13.2 Å². The highest BCUT2D eigenvalue weighted by atomic mass is 16.5. The zero-order chi connectivity index (χ0) is 18.6. The number of likely N-dealkylation sites (tertiary alicyclic amines) is 1. The van der Waals surface area contributed by atoms with E-state index in [-0.39, 0.29) is 36.1 Å². The summed E-state index contributed by atoms with van der Waals surface area (Å²) in [7, 11) is 1.63. The largest absolute Gasteiger partial charge is 0.497 e. The summed E-state index contributed by atoms with van der Waals surface area (Å²) in [5, 5.41) is 9.73. The number of benzene rings is 1. The highest BCUT2D eigenvalue weighted by Gasteiger charge is 2.63. The molecule has 4 atom stereocenters. The zero-order valence-corrected chi connectivity index (χ0v) is 15.3. The molecular weight excluding hydrogens is 346 g/mol. The van der Waals surface area contributed by atoms with Crippen LogP contribution in [-0.2, 0) is 4.74 Å². The molecule has 6 nitrogen and oxygen atoms in total. The van der Waals surface area contributed by atoms with Gasteiger partial charge in [0, 0.05) is 30.6 Å². The minimum atomic E-state index is -0.265. The average molecular weight is 369 g/mol. The van der Waals surface area contributed by atoms with E-state index in [2.05, 4.69) is 0 Å². The molecule has 1 aromatic carbocycles. The SMILES string of the molecule is COc1ccc(-c2ccc(C(=O)N3C[C@@H]4[C@H](CO)[C@H]5CC[C@]4(C3)O5)o2)cc1. The molecule has 1 aromatic heterocycles. The van der Waals surface area contributed by atoms with Crippen LogP contribution in [-0.4, -0.2) is 54.4 Å². The van der Waals surface area contributed by atoms with Gasteiger partial charge in [-0.15, -0.1) is 0 Å². The lowest BCUT2D eigenvalue weighted by Crippen LogP contribution is -2.38. The van der Waals surface area contributed by atoms with Gasteiger partial charge in [0.2, 0.25) is 0 Å². The lowest BCUT2D eigenvalue weighted by Gasteiger charge is -2.27. The predicted octanol–water partition coefficient (Wildman–Crippen LogP) is 2.57. The number of carbonyl (C=O) groups excluding carboxylic acids is 1. The first-order valence-corrected chi connectivity index (χ1v) is 9.46. The number of nitrogens with zero attached hydrogens (tertiary/aromatic N) is 1. The molecule has 3 saturated heterocycles. The fourth-order valence-corrected chi connectivity index (χ4v) is 5.11. The fraction of sp³-hybridized carbons (Fsp3) is 0.476. The average Bonchev–Trinajstić information content (AvgIpc) is 3.46. The predicted molar refractivity (Wildman–Crippen MR) is 97.5 cm³/mol. The Morgan fingerprint density at radius 2 is 2.11 bits per heavy atom. The van der Waals surface area contributed by atoms with Crippen LogP contribution in [0.2, 0.25) is 0 Å². The summed E-state index contributed by atoms with van der Waals surface area (Å²) in [6.07, 6.45) is 2.10. The molecule has 3 aliphatic heterocycles. The van der Waals surface area contributed by atoms with Crippen LogP contribution >= 0.6 is 0 Å². The summed E-state index contributed by atoms with van der Waals surface area (Å²) < 4.78 is 17.2. The van der Waals surface area contributed by atoms with Crippen molar-refractivity contribution in [2.75, 3.05) is 26.8 Å². The van der Waals surface area contributed by atoms with Gasteiger partial charge >= 0.3 is 0 Å². The molecule has 2 aromatic rings. The first-order valence-electron chi connectivity index (χ1n) is 9.46. The van der Waals surface area contributed by atoms with Gasteiger partial charge in [0.25, 0.3) is 5.91 Å². The number of fused-ring (bicyclic) bond motifs is 1. The van der Waals surface area contributed by atoms with Gasteiger partial charge in [-0.25, -0.2) is 0 Å². The maximum atomic E-state index is 13.0. The van der Waals surface area contributed by atoms with Crippen LogP contribution in [0, 0.1) is 11.8 Å². The third-order valence-corrected chi connectivity index (χ3v) is 6.47. The Labute approximate surface area is 157 Å². The normalized spacial score (nSPS) is 31.3. The van der Waals surface area contributed by atoms with Gasteiger partial charge in [0.05, 0.1) is 25.4 Å². The maximum Gasteiger partial charge on any atom is 0.289 e. The van der Waals surface area contributed by atoms with Crippen molar-refractivity contribution >= 4 is 5.91 Å². The Balaban J connectivity index is 1.34. The Kier molecular flexibility index (Phi) is 3.81. The highest BCUT2D eigenvalue weighted by Crippen LogP contribution is 2.54. The lowest BCUT2D eigenvalue weighted by atomic mass is 9.74. The number of aliphatic hydroxyl groups excluding tert-OH is 1. The van der Waals surface area contributed by atoms with Crippen molar-refractivity contribution in [3.63, 3.8) is 0 Å². The van der Waals surface area contributed by atoms with E-state index < -0.39 is 0 Å². The molecule has 27 heavy (non-hydrogen) atoms. The van der Waals surface area contributed by atoms with Gasteiger partial charge in [-0.2, -0.15) is 0 Å². The lowest BCUT2D eigenvalue weighted by molar-refractivity contribution is 0.00124. The number of hydrogen-bond donors (Lipinski definition) is 1. The van der Waals surface area contributed by atoms with Crippen LogP contribution in [0.5, 0.6) is 5.75 Å². The number of ether oxygens (including phenoxy) is 2. The van der Waals surface area contributed by atoms with Gasteiger partial charge in [0.1, 0.15) is 11.5 Å². The van der Waals surface area contributed by atoms with E-state index in [1.165, 1.54) is 0 Å². The maximum absolute atomic E-state index is 13.0. The van der Waals surface area contributed by atoms with Crippen LogP contribution in [0.4, 0.5) is 0 Å². The smallest absolute Gasteiger partial charge is 0.289 e. The molecular formula is C21H23NO5. The summed E-state index contributed by atoms with van der Waals surface area (Å²) in [4.78, 5) is 14.8. The number of hydrogen-bond acceptors (Lipinski definition) is 5. The van der Waals surface area contributed by atoms with E-state index >= 15 is 0 Å². The molecule has 2 bridgehead atoms. The topological polar surface area (TPSA) is 72.1 Å². The molecule has 3 aliphatic rings. The Morgan fingerprint density at radius 1 is 1.30 bits per heavy atom. The van der Waals surface area contributed by atoms with Crippen molar-refractivity contribution in [1.82, 2.24) is 4.90 Å². The minimum Gasteiger partial charge on any atom is -0.497 e. The molecule has 4 heterocycles. The van der Waals surface area contributed by atoms with Gasteiger partial charge < -0.3 is 23.9 Å². The van der Waals surface area contributed by atoms with Crippen molar-refractivity contribution in [3.8, 4) is 17.1 Å². The summed E-state index contributed by atoms with van der Waals surface area (Å²) in [6, 6.07) is 11.1. The van der Waals surface area contributed by atoms with Crippen LogP contribution in [0.1, 0.15) is 23.4 Å². The third kappa shape index (κ3) is 2.51. The Morgan fingerprint density at radius 3 is 2.85 bits per heavy atom. The van der Waals surface area contributed by atoms with E-state index in [0.717, 1.165) is 24.2 Å². The molecule has 1 spiro atoms. The number of methoxy groups -OCH3 is 1. The third-order valence-electron chi connectivity index (χ3n) is 6.47. The standard InChI is InChI=1S/C21H23NO5/c1-25-14-4-2-13(3-5-14)17-6-7-19(26-17)20(24)22-10-16-15(11-23)18-8-9-21(16,12-22)27-18/h2-7,15-16,18,23H,8-12H2,1H3/t15-,16+,18+,21+/m0/s1. The quantitative estimate of drug-likeness (QED) is 0.897. The molecule has 0 unspecified atom stereocenters. The van der Waals surface area contributed by atoms with Crippen molar-refractivity contribution in [2.45, 2.75) is 24.5 Å². The second kappa shape index (κ2) is 6.11. The second-order valence-electron chi connectivity index (χ2n) is 7.79. The first-order chi connectivity index (χ1) is 13.1. The van der Waals surface area contributed by atoms with Crippen molar-refractivity contribution in [3.05, 3.63) is 42.2 Å². The van der Waals surface area contributed by atoms with E-state index in [0.29, 0.717) is 24.6 Å². The second-order valence-corrected chi connectivity index (χ2v) is 7.79. The summed E-state index contributed by atoms with van der Waals surface area (Å²) in [6.45, 7) is 1.34. The van der Waals surface area contributed by atoms with E-state index in [9.17, 15) is 9.90 Å². The molecule has 3 fully saturated rings. The van der Waals surface area contributed by atoms with Gasteiger partial charge in [-0.05, 0) is 49.2 Å². The number of furan rings is 1. The van der Waals surface area contributed by atoms with Crippen LogP contribution in [0.3, 0.4) is 0 Å². The molecule has 1 amide bonds. The van der Waals surface area contributed by atoms with Crippen LogP contribution in [0.25, 0.3) is 11.3 Å². The Hall–Kier alpha value is -2.31. The molecule has 142 valence electrons. The van der Waals surface area contributed by atoms with E-state index in [1.807, 2.05) is 35.2 Å². The number of carbonyl (C=O) groups is 1. The Bertz CT molecular complexity index is 860. The zero-order valence-electron chi connectivity index (χ0n) is 15.3. The van der Waals surface area contributed by atoms with Crippen molar-refractivity contribution in [1.29, 1.82) is 0 Å². The van der Waals surface area contributed by atoms with Gasteiger partial charge in [0.15, 0.2) is 5.76 Å². The molecule has 0 radical (unpaired) electrons. The summed E-state index contributed by atoms with van der Waals surface area (Å²) in [5.41, 5.74) is 0.633. The first kappa shape index (κ1) is 16.8. The highest BCUT2D eigenvalue weighted by molar-refractivity contribution is 5.92. The monoisotopic (exact) mass is 369 g/mol. The minimum absolute atomic E-state index is 0.109. The fourth-order valence-electron chi connectivity index (χ4n) is 5.11. The van der Waals surface area contributed by atoms with Gasteiger partial charge in [-0.1, -0.05) is 0 Å². The summed E-state index contributed by atoms with van der Waals surface area (Å²) in [5.74, 6) is 2.03.